The van der Waals surface area contributed by atoms with E-state index in [4.69, 9.17) is 9.47 Å². The minimum absolute atomic E-state index is 0.182. The second kappa shape index (κ2) is 9.43. The summed E-state index contributed by atoms with van der Waals surface area (Å²) >= 11 is 0. The lowest BCUT2D eigenvalue weighted by Gasteiger charge is -2.23. The number of methoxy groups -OCH3 is 2. The second-order valence-corrected chi connectivity index (χ2v) is 10.2. The van der Waals surface area contributed by atoms with E-state index in [1.165, 1.54) is 14.2 Å². The summed E-state index contributed by atoms with van der Waals surface area (Å²) in [5, 5.41) is 0.631. The minimum atomic E-state index is -2.11. The van der Waals surface area contributed by atoms with Crippen LogP contribution in [-0.2, 0) is 4.57 Å². The highest BCUT2D eigenvalue weighted by Gasteiger charge is 2.25. The summed E-state index contributed by atoms with van der Waals surface area (Å²) in [7, 11) is 0.934. The first kappa shape index (κ1) is 22.2. The maximum Gasteiger partial charge on any atom is 0.201 e. The summed E-state index contributed by atoms with van der Waals surface area (Å²) in [4.78, 5) is 13.4. The van der Waals surface area contributed by atoms with Crippen molar-refractivity contribution in [3.05, 3.63) is 53.6 Å². The van der Waals surface area contributed by atoms with E-state index in [-0.39, 0.29) is 11.2 Å². The summed E-state index contributed by atoms with van der Waals surface area (Å²) in [5.74, 6) is 0.974. The zero-order valence-corrected chi connectivity index (χ0v) is 18.7. The van der Waals surface area contributed by atoms with Crippen molar-refractivity contribution in [2.75, 3.05) is 20.4 Å². The molecule has 28 heavy (non-hydrogen) atoms. The number of hydrogen-bond acceptors (Lipinski definition) is 4. The van der Waals surface area contributed by atoms with E-state index >= 15 is 0 Å². The fourth-order valence-electron chi connectivity index (χ4n) is 3.68. The predicted octanol–water partition coefficient (Wildman–Crippen LogP) is 5.19. The van der Waals surface area contributed by atoms with Gasteiger partial charge in [-0.3, -0.25) is 4.79 Å². The molecule has 152 valence electrons. The quantitative estimate of drug-likeness (QED) is 0.450. The molecule has 0 radical (unpaired) electrons. The van der Waals surface area contributed by atoms with E-state index < -0.39 is 7.80 Å². The van der Waals surface area contributed by atoms with Crippen molar-refractivity contribution in [2.24, 2.45) is 11.3 Å². The maximum absolute atomic E-state index is 13.4. The van der Waals surface area contributed by atoms with Crippen molar-refractivity contribution in [1.29, 1.82) is 0 Å². The zero-order chi connectivity index (χ0) is 20.9. The van der Waals surface area contributed by atoms with Gasteiger partial charge >= 0.3 is 0 Å². The first-order valence-corrected chi connectivity index (χ1v) is 11.2. The van der Waals surface area contributed by atoms with Crippen LogP contribution in [0.3, 0.4) is 0 Å². The molecule has 4 nitrogen and oxygen atoms in total. The Morgan fingerprint density at radius 1 is 1.00 bits per heavy atom. The molecule has 0 aliphatic carbocycles. The second-order valence-electron chi connectivity index (χ2n) is 8.41. The highest BCUT2D eigenvalue weighted by molar-refractivity contribution is 7.53. The Balaban J connectivity index is 2.39. The molecule has 0 fully saturated rings. The van der Waals surface area contributed by atoms with E-state index in [0.29, 0.717) is 40.0 Å². The zero-order valence-electron chi connectivity index (χ0n) is 17.7. The molecular weight excluding hydrogens is 371 g/mol. The van der Waals surface area contributed by atoms with Crippen molar-refractivity contribution in [3.63, 3.8) is 0 Å². The third kappa shape index (κ3) is 5.48. The number of ketones is 1. The summed E-state index contributed by atoms with van der Waals surface area (Å²) in [5.41, 5.74) is 0.997. The van der Waals surface area contributed by atoms with E-state index in [1.54, 1.807) is 36.4 Å². The van der Waals surface area contributed by atoms with Crippen molar-refractivity contribution in [2.45, 2.75) is 34.1 Å². The highest BCUT2D eigenvalue weighted by Crippen LogP contribution is 2.34. The van der Waals surface area contributed by atoms with Gasteiger partial charge in [-0.15, -0.1) is 0 Å². The Labute approximate surface area is 169 Å². The highest BCUT2D eigenvalue weighted by atomic mass is 31.1. The Morgan fingerprint density at radius 3 is 2.11 bits per heavy atom. The normalized spacial score (nSPS) is 13.6. The molecule has 0 heterocycles. The van der Waals surface area contributed by atoms with Gasteiger partial charge in [-0.2, -0.15) is 0 Å². The summed E-state index contributed by atoms with van der Waals surface area (Å²) in [6.07, 6.45) is 1.58. The predicted molar refractivity (Wildman–Crippen MR) is 116 cm³/mol. The Hall–Kier alpha value is -2.06. The smallest absolute Gasteiger partial charge is 0.201 e. The van der Waals surface area contributed by atoms with E-state index in [9.17, 15) is 9.36 Å². The Kier molecular flexibility index (Phi) is 7.48. The molecule has 0 spiro atoms. The minimum Gasteiger partial charge on any atom is -0.496 e. The monoisotopic (exact) mass is 402 g/mol. The molecule has 0 aromatic heterocycles. The Morgan fingerprint density at radius 2 is 1.57 bits per heavy atom. The van der Waals surface area contributed by atoms with Crippen LogP contribution in [0, 0.1) is 11.3 Å². The van der Waals surface area contributed by atoms with Gasteiger partial charge in [0.1, 0.15) is 24.9 Å². The average Bonchev–Trinajstić information content (AvgIpc) is 2.65. The number of carbonyl (C=O) groups is 1. The van der Waals surface area contributed by atoms with Crippen LogP contribution in [0.5, 0.6) is 11.5 Å². The summed E-state index contributed by atoms with van der Waals surface area (Å²) in [6.45, 7) is 8.69. The number of rotatable bonds is 8. The average molecular weight is 402 g/mol. The third-order valence-corrected chi connectivity index (χ3v) is 6.73. The van der Waals surface area contributed by atoms with Gasteiger partial charge in [0, 0.05) is 17.0 Å². The van der Waals surface area contributed by atoms with Crippen molar-refractivity contribution >= 4 is 18.9 Å². The van der Waals surface area contributed by atoms with Crippen LogP contribution in [0.2, 0.25) is 0 Å². The van der Waals surface area contributed by atoms with Gasteiger partial charge in [0.15, 0.2) is 0 Å². The standard InChI is InChI=1S/C23H31O4P/c1-16(14-23(2,3)4)15-28(25)20-13-8-7-10-17(20)22(24)21-18(26-5)11-9-12-19(21)27-6/h7-13,16,28H,14-15H2,1-6H3. The molecule has 0 aliphatic rings. The molecule has 0 amide bonds. The van der Waals surface area contributed by atoms with Crippen LogP contribution in [-0.4, -0.2) is 26.2 Å². The first-order valence-electron chi connectivity index (χ1n) is 9.56. The van der Waals surface area contributed by atoms with Crippen LogP contribution < -0.4 is 14.8 Å². The van der Waals surface area contributed by atoms with Gasteiger partial charge in [0.25, 0.3) is 0 Å². The SMILES string of the molecule is COc1cccc(OC)c1C(=O)c1ccccc1[PH](=O)CC(C)CC(C)(C)C. The molecule has 2 aromatic rings. The molecule has 0 saturated heterocycles. The number of benzene rings is 2. The van der Waals surface area contributed by atoms with Crippen molar-refractivity contribution in [1.82, 2.24) is 0 Å². The molecule has 2 rings (SSSR count). The van der Waals surface area contributed by atoms with Crippen LogP contribution in [0.25, 0.3) is 0 Å². The molecule has 0 bridgehead atoms. The lowest BCUT2D eigenvalue weighted by molar-refractivity contribution is 0.103. The van der Waals surface area contributed by atoms with Crippen LogP contribution >= 0.6 is 7.80 Å². The van der Waals surface area contributed by atoms with Crippen molar-refractivity contribution < 1.29 is 18.8 Å². The van der Waals surface area contributed by atoms with Gasteiger partial charge in [0.2, 0.25) is 5.78 Å². The van der Waals surface area contributed by atoms with Crippen LogP contribution in [0.1, 0.15) is 50.0 Å². The third-order valence-electron chi connectivity index (χ3n) is 4.62. The first-order chi connectivity index (χ1) is 13.2. The Bertz CT molecular complexity index is 830. The van der Waals surface area contributed by atoms with Gasteiger partial charge in [-0.1, -0.05) is 58.0 Å². The molecule has 2 aromatic carbocycles. The van der Waals surface area contributed by atoms with Crippen LogP contribution in [0.4, 0.5) is 0 Å². The lowest BCUT2D eigenvalue weighted by Crippen LogP contribution is -2.18. The molecule has 2 atom stereocenters. The molecule has 2 unspecified atom stereocenters. The molecule has 5 heteroatoms. The summed E-state index contributed by atoms with van der Waals surface area (Å²) in [6, 6.07) is 12.4. The van der Waals surface area contributed by atoms with E-state index in [2.05, 4.69) is 27.7 Å². The summed E-state index contributed by atoms with van der Waals surface area (Å²) < 4.78 is 23.9. The van der Waals surface area contributed by atoms with Gasteiger partial charge in [0.05, 0.1) is 14.2 Å². The van der Waals surface area contributed by atoms with Gasteiger partial charge in [-0.25, -0.2) is 0 Å². The molecular formula is C23H31O4P. The largest absolute Gasteiger partial charge is 0.496 e. The fourth-order valence-corrected chi connectivity index (χ4v) is 5.45. The molecule has 0 N–H and O–H groups in total. The van der Waals surface area contributed by atoms with E-state index in [0.717, 1.165) is 6.42 Å². The molecule has 0 aliphatic heterocycles. The van der Waals surface area contributed by atoms with E-state index in [1.807, 2.05) is 6.07 Å². The fraction of sp³-hybridized carbons (Fsp3) is 0.435. The van der Waals surface area contributed by atoms with Crippen molar-refractivity contribution in [3.8, 4) is 11.5 Å². The molecule has 0 saturated carbocycles. The number of ether oxygens (including phenoxy) is 2. The number of carbonyl (C=O) groups excluding carboxylic acids is 1. The van der Waals surface area contributed by atoms with Gasteiger partial charge < -0.3 is 14.0 Å². The lowest BCUT2D eigenvalue weighted by atomic mass is 9.86. The number of hydrogen-bond donors (Lipinski definition) is 0. The van der Waals surface area contributed by atoms with Crippen LogP contribution in [0.15, 0.2) is 42.5 Å². The maximum atomic E-state index is 13.4. The topological polar surface area (TPSA) is 52.6 Å². The van der Waals surface area contributed by atoms with Gasteiger partial charge in [-0.05, 0) is 29.9 Å².